The van der Waals surface area contributed by atoms with Crippen molar-refractivity contribution in [3.63, 3.8) is 0 Å². The number of benzene rings is 2. The zero-order chi connectivity index (χ0) is 18.4. The maximum Gasteiger partial charge on any atom is 0.270 e. The van der Waals surface area contributed by atoms with Crippen molar-refractivity contribution in [2.45, 2.75) is 25.7 Å². The lowest BCUT2D eigenvalue weighted by Crippen LogP contribution is -2.32. The van der Waals surface area contributed by atoms with Gasteiger partial charge in [0.25, 0.3) is 11.6 Å². The molecule has 0 saturated heterocycles. The molecule has 1 atom stereocenters. The monoisotopic (exact) mass is 351 g/mol. The van der Waals surface area contributed by atoms with Gasteiger partial charge in [-0.05, 0) is 49.1 Å². The van der Waals surface area contributed by atoms with E-state index in [0.29, 0.717) is 5.69 Å². The van der Waals surface area contributed by atoms with Crippen LogP contribution < -0.4 is 10.2 Å². The van der Waals surface area contributed by atoms with E-state index in [9.17, 15) is 19.7 Å². The average Bonchev–Trinajstić information content (AvgIpc) is 2.88. The predicted molar refractivity (Wildman–Crippen MR) is 96.6 cm³/mol. The third-order valence-electron chi connectivity index (χ3n) is 5.00. The maximum atomic E-state index is 12.5. The molecule has 26 heavy (non-hydrogen) atoms. The molecule has 0 saturated carbocycles. The molecule has 2 aliphatic heterocycles. The quantitative estimate of drug-likeness (QED) is 0.679. The van der Waals surface area contributed by atoms with Crippen LogP contribution >= 0.6 is 0 Å². The highest BCUT2D eigenvalue weighted by atomic mass is 16.6. The number of amides is 2. The van der Waals surface area contributed by atoms with E-state index in [2.05, 4.69) is 5.32 Å². The summed E-state index contributed by atoms with van der Waals surface area (Å²) in [4.78, 5) is 37.1. The van der Waals surface area contributed by atoms with Gasteiger partial charge in [0.2, 0.25) is 5.91 Å². The lowest BCUT2D eigenvalue weighted by atomic mass is 9.96. The second-order valence-corrected chi connectivity index (χ2v) is 6.65. The zero-order valence-corrected chi connectivity index (χ0v) is 14.2. The first-order chi connectivity index (χ1) is 12.5. The molecule has 0 aliphatic carbocycles. The van der Waals surface area contributed by atoms with Gasteiger partial charge in [0.05, 0.1) is 16.5 Å². The molecule has 0 fully saturated rings. The lowest BCUT2D eigenvalue weighted by molar-refractivity contribution is -0.384. The van der Waals surface area contributed by atoms with Crippen molar-refractivity contribution in [1.82, 2.24) is 0 Å². The molecule has 2 heterocycles. The Kier molecular flexibility index (Phi) is 3.72. The van der Waals surface area contributed by atoms with Crippen molar-refractivity contribution in [3.8, 4) is 0 Å². The summed E-state index contributed by atoms with van der Waals surface area (Å²) in [5.74, 6) is -0.537. The summed E-state index contributed by atoms with van der Waals surface area (Å²) in [6.07, 6.45) is 1.76. The Labute approximate surface area is 149 Å². The number of anilines is 2. The average molecular weight is 351 g/mol. The minimum Gasteiger partial charge on any atom is -0.322 e. The van der Waals surface area contributed by atoms with E-state index in [4.69, 9.17) is 0 Å². The normalized spacial score (nSPS) is 17.8. The Bertz CT molecular complexity index is 954. The summed E-state index contributed by atoms with van der Waals surface area (Å²) in [7, 11) is 0. The molecule has 2 aromatic carbocycles. The molecule has 2 aliphatic rings. The molecule has 132 valence electrons. The largest absolute Gasteiger partial charge is 0.322 e. The number of hydrogen-bond acceptors (Lipinski definition) is 4. The van der Waals surface area contributed by atoms with Crippen molar-refractivity contribution in [2.24, 2.45) is 0 Å². The summed E-state index contributed by atoms with van der Waals surface area (Å²) in [5.41, 5.74) is 3.68. The van der Waals surface area contributed by atoms with Crippen molar-refractivity contribution in [3.05, 3.63) is 63.2 Å². The highest BCUT2D eigenvalue weighted by Gasteiger charge is 2.37. The first-order valence-corrected chi connectivity index (χ1v) is 8.49. The Morgan fingerprint density at radius 1 is 1.31 bits per heavy atom. The van der Waals surface area contributed by atoms with Gasteiger partial charge in [-0.2, -0.15) is 0 Å². The molecule has 4 rings (SSSR count). The minimum absolute atomic E-state index is 0.100. The van der Waals surface area contributed by atoms with E-state index in [1.165, 1.54) is 24.3 Å². The number of nitro groups is 1. The fourth-order valence-corrected chi connectivity index (χ4v) is 3.73. The van der Waals surface area contributed by atoms with E-state index < -0.39 is 10.8 Å². The van der Waals surface area contributed by atoms with Crippen LogP contribution in [0.4, 0.5) is 17.1 Å². The number of carbonyl (C=O) groups is 2. The highest BCUT2D eigenvalue weighted by Crippen LogP contribution is 2.44. The first kappa shape index (κ1) is 16.3. The van der Waals surface area contributed by atoms with Gasteiger partial charge < -0.3 is 10.2 Å². The molecule has 0 radical (unpaired) electrons. The van der Waals surface area contributed by atoms with Crippen LogP contribution in [0.2, 0.25) is 0 Å². The van der Waals surface area contributed by atoms with Gasteiger partial charge in [-0.25, -0.2) is 0 Å². The molecule has 2 aromatic rings. The van der Waals surface area contributed by atoms with Gasteiger partial charge in [0, 0.05) is 29.9 Å². The third-order valence-corrected chi connectivity index (χ3v) is 5.00. The van der Waals surface area contributed by atoms with Gasteiger partial charge in [-0.1, -0.05) is 6.07 Å². The van der Waals surface area contributed by atoms with E-state index in [1.54, 1.807) is 0 Å². The minimum atomic E-state index is -0.530. The summed E-state index contributed by atoms with van der Waals surface area (Å²) < 4.78 is 0. The van der Waals surface area contributed by atoms with Crippen LogP contribution in [-0.4, -0.2) is 23.3 Å². The molecule has 1 N–H and O–H groups in total. The van der Waals surface area contributed by atoms with Crippen molar-refractivity contribution in [1.29, 1.82) is 0 Å². The van der Waals surface area contributed by atoms with E-state index >= 15 is 0 Å². The molecule has 7 heteroatoms. The molecule has 0 unspecified atom stereocenters. The van der Waals surface area contributed by atoms with Crippen LogP contribution in [0, 0.1) is 10.1 Å². The fraction of sp³-hybridized carbons (Fsp3) is 0.263. The van der Waals surface area contributed by atoms with Gasteiger partial charge >= 0.3 is 0 Å². The molecular weight excluding hydrogens is 334 g/mol. The lowest BCUT2D eigenvalue weighted by Gasteiger charge is -2.26. The fourth-order valence-electron chi connectivity index (χ4n) is 3.73. The van der Waals surface area contributed by atoms with Crippen LogP contribution in [0.5, 0.6) is 0 Å². The van der Waals surface area contributed by atoms with Crippen LogP contribution in [0.3, 0.4) is 0 Å². The van der Waals surface area contributed by atoms with Crippen molar-refractivity contribution < 1.29 is 14.5 Å². The standard InChI is InChI=1S/C19H17N3O4/c1-11-16-10-14(8-12-5-3-7-21(17(12)16)19(11)24)20-18(23)13-4-2-6-15(9-13)22(25)26/h2,4,6,8-11H,3,5,7H2,1H3,(H,20,23)/t11-/m1/s1. The summed E-state index contributed by atoms with van der Waals surface area (Å²) in [5, 5.41) is 13.7. The molecule has 0 spiro atoms. The molecule has 2 amide bonds. The Hall–Kier alpha value is -3.22. The topological polar surface area (TPSA) is 92.6 Å². The number of nitrogens with one attached hydrogen (secondary N) is 1. The SMILES string of the molecule is C[C@H]1C(=O)N2CCCc3cc(NC(=O)c4cccc([N+](=O)[O-])c4)cc1c32. The first-order valence-electron chi connectivity index (χ1n) is 8.49. The number of rotatable bonds is 3. The van der Waals surface area contributed by atoms with Crippen LogP contribution in [0.1, 0.15) is 40.7 Å². The van der Waals surface area contributed by atoms with Crippen LogP contribution in [-0.2, 0) is 11.2 Å². The Morgan fingerprint density at radius 2 is 2.12 bits per heavy atom. The zero-order valence-electron chi connectivity index (χ0n) is 14.2. The number of hydrogen-bond donors (Lipinski definition) is 1. The van der Waals surface area contributed by atoms with Crippen LogP contribution in [0.15, 0.2) is 36.4 Å². The number of nitro benzene ring substituents is 1. The van der Waals surface area contributed by atoms with Gasteiger partial charge in [-0.15, -0.1) is 0 Å². The maximum absolute atomic E-state index is 12.5. The van der Waals surface area contributed by atoms with E-state index in [0.717, 1.165) is 36.2 Å². The number of aryl methyl sites for hydroxylation is 1. The Morgan fingerprint density at radius 3 is 2.88 bits per heavy atom. The van der Waals surface area contributed by atoms with Gasteiger partial charge in [0.1, 0.15) is 0 Å². The van der Waals surface area contributed by atoms with E-state index in [-0.39, 0.29) is 23.1 Å². The molecule has 7 nitrogen and oxygen atoms in total. The van der Waals surface area contributed by atoms with Gasteiger partial charge in [-0.3, -0.25) is 19.7 Å². The second kappa shape index (κ2) is 5.94. The molecular formula is C19H17N3O4. The number of nitrogens with zero attached hydrogens (tertiary/aromatic N) is 2. The summed E-state index contributed by atoms with van der Waals surface area (Å²) in [6, 6.07) is 9.35. The molecule has 0 aromatic heterocycles. The van der Waals surface area contributed by atoms with Gasteiger partial charge in [0.15, 0.2) is 0 Å². The summed E-state index contributed by atoms with van der Waals surface area (Å²) in [6.45, 7) is 2.62. The van der Waals surface area contributed by atoms with Crippen molar-refractivity contribution in [2.75, 3.05) is 16.8 Å². The third kappa shape index (κ3) is 2.52. The number of carbonyl (C=O) groups excluding carboxylic acids is 2. The summed E-state index contributed by atoms with van der Waals surface area (Å²) >= 11 is 0. The Balaban J connectivity index is 1.66. The second-order valence-electron chi connectivity index (χ2n) is 6.65. The van der Waals surface area contributed by atoms with Crippen LogP contribution in [0.25, 0.3) is 0 Å². The number of non-ortho nitro benzene ring substituents is 1. The molecule has 0 bridgehead atoms. The highest BCUT2D eigenvalue weighted by molar-refractivity contribution is 6.08. The van der Waals surface area contributed by atoms with E-state index in [1.807, 2.05) is 24.0 Å². The smallest absolute Gasteiger partial charge is 0.270 e. The predicted octanol–water partition coefficient (Wildman–Crippen LogP) is 3.24. The van der Waals surface area contributed by atoms with Crippen molar-refractivity contribution >= 4 is 28.9 Å².